The molecule has 0 unspecified atom stereocenters. The van der Waals surface area contributed by atoms with E-state index in [0.717, 1.165) is 6.29 Å². The Morgan fingerprint density at radius 1 is 0.761 bits per heavy atom. The molecule has 4 aromatic rings. The first-order valence-corrected chi connectivity index (χ1v) is 14.8. The van der Waals surface area contributed by atoms with Crippen LogP contribution in [0.4, 0.5) is 0 Å². The van der Waals surface area contributed by atoms with Gasteiger partial charge in [-0.05, 0) is 50.2 Å². The zero-order valence-corrected chi connectivity index (χ0v) is 28.0. The largest absolute Gasteiger partial charge is 0.480 e. The average Bonchev–Trinajstić information content (AvgIpc) is 3.03. The molecule has 238 valence electrons. The van der Waals surface area contributed by atoms with E-state index >= 15 is 0 Å². The zero-order chi connectivity index (χ0) is 34.0. The molecule has 46 heavy (non-hydrogen) atoms. The Bertz CT molecular complexity index is 1840. The quantitative estimate of drug-likeness (QED) is 0.161. The van der Waals surface area contributed by atoms with Crippen molar-refractivity contribution in [1.29, 1.82) is 10.5 Å². The number of ether oxygens (including phenoxy) is 4. The first kappa shape index (κ1) is 36.2. The van der Waals surface area contributed by atoms with E-state index in [-0.39, 0.29) is 40.6 Å². The van der Waals surface area contributed by atoms with Crippen LogP contribution in [-0.4, -0.2) is 42.2 Å². The van der Waals surface area contributed by atoms with Gasteiger partial charge < -0.3 is 28.8 Å². The van der Waals surface area contributed by atoms with Crippen LogP contribution in [-0.2, 0) is 17.6 Å². The smallest absolute Gasteiger partial charge is 0.236 e. The number of hydrogen-bond acceptors (Lipinski definition) is 10. The van der Waals surface area contributed by atoms with E-state index in [0.29, 0.717) is 67.4 Å². The van der Waals surface area contributed by atoms with E-state index in [1.54, 1.807) is 32.0 Å². The first-order valence-electron chi connectivity index (χ1n) is 13.3. The van der Waals surface area contributed by atoms with Crippen LogP contribution in [0.25, 0.3) is 0 Å². The van der Waals surface area contributed by atoms with Crippen LogP contribution >= 0.6 is 46.4 Å². The molecule has 0 spiro atoms. The summed E-state index contributed by atoms with van der Waals surface area (Å²) >= 11 is 24.5. The maximum atomic E-state index is 10.9. The van der Waals surface area contributed by atoms with E-state index in [4.69, 9.17) is 75.9 Å². The molecule has 4 rings (SSSR count). The minimum absolute atomic E-state index is 0.0828. The van der Waals surface area contributed by atoms with Crippen molar-refractivity contribution < 1.29 is 28.8 Å². The SMILES string of the molecule is COc1nc(C)c(CC=O)c(Oc2cc(Cl)cc(C#N)c2)c1Cl.COc1nc(C)c(CCO)c(Oc2cc(Cl)cc(C#N)c2)c1Cl. The lowest BCUT2D eigenvalue weighted by molar-refractivity contribution is -0.107. The fraction of sp³-hybridized carbons (Fsp3) is 0.219. The van der Waals surface area contributed by atoms with Crippen molar-refractivity contribution in [3.05, 3.63) is 90.1 Å². The van der Waals surface area contributed by atoms with Gasteiger partial charge in [-0.15, -0.1) is 0 Å². The van der Waals surface area contributed by atoms with Crippen molar-refractivity contribution in [3.63, 3.8) is 0 Å². The highest BCUT2D eigenvalue weighted by atomic mass is 35.5. The van der Waals surface area contributed by atoms with Gasteiger partial charge in [0, 0.05) is 52.0 Å². The molecule has 0 saturated carbocycles. The van der Waals surface area contributed by atoms with E-state index in [9.17, 15) is 9.90 Å². The molecule has 10 nitrogen and oxygen atoms in total. The highest BCUT2D eigenvalue weighted by Crippen LogP contribution is 2.41. The number of pyridine rings is 2. The normalized spacial score (nSPS) is 10.2. The van der Waals surface area contributed by atoms with Crippen molar-refractivity contribution in [2.45, 2.75) is 26.7 Å². The number of methoxy groups -OCH3 is 2. The van der Waals surface area contributed by atoms with Gasteiger partial charge in [0.1, 0.15) is 27.8 Å². The topological polar surface area (TPSA) is 148 Å². The van der Waals surface area contributed by atoms with Gasteiger partial charge >= 0.3 is 0 Å². The number of aromatic nitrogens is 2. The van der Waals surface area contributed by atoms with Crippen LogP contribution < -0.4 is 18.9 Å². The second-order valence-electron chi connectivity index (χ2n) is 9.28. The molecule has 0 aliphatic heterocycles. The molecule has 0 bridgehead atoms. The van der Waals surface area contributed by atoms with Crippen LogP contribution in [0.1, 0.15) is 33.6 Å². The van der Waals surface area contributed by atoms with Crippen LogP contribution in [0.15, 0.2) is 36.4 Å². The standard InChI is InChI=1S/C16H14Cl2N2O3.C16H12Cl2N2O3/c2*1-9-13(3-4-21)15(14(18)16(20-9)22-2)23-12-6-10(8-19)5-11(17)7-12/h5-7,21H,3-4H2,1-2H3;4-7H,3H2,1-2H3. The average molecular weight is 704 g/mol. The van der Waals surface area contributed by atoms with Gasteiger partial charge in [0.25, 0.3) is 0 Å². The second-order valence-corrected chi connectivity index (χ2v) is 10.9. The number of halogens is 4. The fourth-order valence-corrected chi connectivity index (χ4v) is 5.14. The number of rotatable bonds is 10. The van der Waals surface area contributed by atoms with Gasteiger partial charge in [0.05, 0.1) is 37.5 Å². The van der Waals surface area contributed by atoms with Crippen LogP contribution in [0, 0.1) is 36.5 Å². The summed E-state index contributed by atoms with van der Waals surface area (Å²) in [6, 6.07) is 13.2. The summed E-state index contributed by atoms with van der Waals surface area (Å²) < 4.78 is 21.9. The molecule has 0 fully saturated rings. The van der Waals surface area contributed by atoms with Gasteiger partial charge in [-0.3, -0.25) is 0 Å². The van der Waals surface area contributed by atoms with Gasteiger partial charge in [-0.2, -0.15) is 10.5 Å². The third-order valence-corrected chi connectivity index (χ3v) is 7.31. The molecule has 14 heteroatoms. The predicted octanol–water partition coefficient (Wildman–Crippen LogP) is 8.02. The predicted molar refractivity (Wildman–Crippen MR) is 174 cm³/mol. The minimum atomic E-state index is -0.0828. The highest BCUT2D eigenvalue weighted by molar-refractivity contribution is 6.34. The summed E-state index contributed by atoms with van der Waals surface area (Å²) in [6.45, 7) is 3.42. The molecule has 0 radical (unpaired) electrons. The molecule has 2 heterocycles. The molecule has 1 N–H and O–H groups in total. The molecule has 0 aliphatic carbocycles. The molecular weight excluding hydrogens is 678 g/mol. The summed E-state index contributed by atoms with van der Waals surface area (Å²) in [6.07, 6.45) is 1.14. The van der Waals surface area contributed by atoms with Gasteiger partial charge in [-0.25, -0.2) is 9.97 Å². The molecule has 2 aromatic heterocycles. The Morgan fingerprint density at radius 3 is 1.59 bits per heavy atom. The third kappa shape index (κ3) is 8.91. The molecule has 0 saturated heterocycles. The molecular formula is C32H26Cl4N4O6. The van der Waals surface area contributed by atoms with Crippen molar-refractivity contribution in [2.24, 2.45) is 0 Å². The zero-order valence-electron chi connectivity index (χ0n) is 25.0. The first-order chi connectivity index (χ1) is 22.0. The maximum absolute atomic E-state index is 10.9. The third-order valence-electron chi connectivity index (χ3n) is 6.21. The number of carbonyl (C=O) groups is 1. The van der Waals surface area contributed by atoms with Crippen molar-refractivity contribution in [3.8, 4) is 46.9 Å². The summed E-state index contributed by atoms with van der Waals surface area (Å²) in [4.78, 5) is 19.4. The Balaban J connectivity index is 0.000000250. The number of nitrogens with zero attached hydrogens (tertiary/aromatic N) is 4. The molecule has 0 amide bonds. The number of carbonyl (C=O) groups excluding carboxylic acids is 1. The highest BCUT2D eigenvalue weighted by Gasteiger charge is 2.21. The van der Waals surface area contributed by atoms with Crippen molar-refractivity contribution >= 4 is 52.7 Å². The van der Waals surface area contributed by atoms with Gasteiger partial charge in [0.15, 0.2) is 11.5 Å². The Kier molecular flexibility index (Phi) is 13.3. The Hall–Kier alpha value is -4.29. The van der Waals surface area contributed by atoms with Crippen LogP contribution in [0.5, 0.6) is 34.8 Å². The lowest BCUT2D eigenvalue weighted by Crippen LogP contribution is -2.04. The summed E-state index contributed by atoms with van der Waals surface area (Å²) in [5.41, 5.74) is 3.12. The molecule has 0 aliphatic rings. The number of aliphatic hydroxyl groups excluding tert-OH is 1. The summed E-state index contributed by atoms with van der Waals surface area (Å²) in [5.74, 6) is 1.70. The van der Waals surface area contributed by atoms with E-state index in [1.807, 2.05) is 12.1 Å². The molecule has 0 atom stereocenters. The molecule has 2 aromatic carbocycles. The van der Waals surface area contributed by atoms with E-state index in [2.05, 4.69) is 9.97 Å². The second kappa shape index (κ2) is 16.9. The van der Waals surface area contributed by atoms with Crippen LogP contribution in [0.2, 0.25) is 20.1 Å². The lowest BCUT2D eigenvalue weighted by Gasteiger charge is -2.16. The van der Waals surface area contributed by atoms with E-state index < -0.39 is 0 Å². The number of aryl methyl sites for hydroxylation is 2. The minimum Gasteiger partial charge on any atom is -0.480 e. The lowest BCUT2D eigenvalue weighted by atomic mass is 10.1. The number of aliphatic hydroxyl groups is 1. The number of nitriles is 2. The maximum Gasteiger partial charge on any atom is 0.236 e. The van der Waals surface area contributed by atoms with Gasteiger partial charge in [0.2, 0.25) is 11.8 Å². The monoisotopic (exact) mass is 702 g/mol. The van der Waals surface area contributed by atoms with Crippen molar-refractivity contribution in [2.75, 3.05) is 20.8 Å². The number of hydrogen-bond donors (Lipinski definition) is 1. The summed E-state index contributed by atoms with van der Waals surface area (Å²) in [7, 11) is 2.89. The Morgan fingerprint density at radius 2 is 1.20 bits per heavy atom. The van der Waals surface area contributed by atoms with E-state index in [1.165, 1.54) is 32.4 Å². The van der Waals surface area contributed by atoms with Crippen LogP contribution in [0.3, 0.4) is 0 Å². The summed E-state index contributed by atoms with van der Waals surface area (Å²) in [5, 5.41) is 28.3. The number of benzene rings is 2. The fourth-order valence-electron chi connectivity index (χ4n) is 4.15. The van der Waals surface area contributed by atoms with Gasteiger partial charge in [-0.1, -0.05) is 46.4 Å². The Labute approximate surface area is 285 Å². The number of aldehydes is 1. The van der Waals surface area contributed by atoms with Crippen molar-refractivity contribution in [1.82, 2.24) is 9.97 Å².